The summed E-state index contributed by atoms with van der Waals surface area (Å²) in [7, 11) is 0. The number of hydrazine groups is 1. The first kappa shape index (κ1) is 17.5. The molecule has 2 aliphatic rings. The number of halogens is 3. The van der Waals surface area contributed by atoms with E-state index in [9.17, 15) is 13.2 Å². The van der Waals surface area contributed by atoms with Gasteiger partial charge in [-0.2, -0.15) is 13.2 Å². The van der Waals surface area contributed by atoms with Crippen LogP contribution in [0.15, 0.2) is 0 Å². The lowest BCUT2D eigenvalue weighted by Crippen LogP contribution is -2.53. The Labute approximate surface area is 137 Å². The van der Waals surface area contributed by atoms with Crippen LogP contribution in [0.4, 0.5) is 13.2 Å². The monoisotopic (exact) mass is 349 g/mol. The van der Waals surface area contributed by atoms with Crippen molar-refractivity contribution in [3.63, 3.8) is 0 Å². The number of ether oxygens (including phenoxy) is 1. The van der Waals surface area contributed by atoms with E-state index >= 15 is 0 Å². The Balaban J connectivity index is 1.74. The number of alkyl halides is 3. The summed E-state index contributed by atoms with van der Waals surface area (Å²) in [6, 6.07) is 0.558. The lowest BCUT2D eigenvalue weighted by Gasteiger charge is -2.40. The zero-order chi connectivity index (χ0) is 17.3. The molecule has 3 rings (SSSR count). The van der Waals surface area contributed by atoms with Gasteiger partial charge in [-0.05, 0) is 24.3 Å². The summed E-state index contributed by atoms with van der Waals surface area (Å²) < 4.78 is 44.3. The van der Waals surface area contributed by atoms with E-state index in [4.69, 9.17) is 4.74 Å². The Morgan fingerprint density at radius 1 is 1.25 bits per heavy atom. The van der Waals surface area contributed by atoms with E-state index in [2.05, 4.69) is 45.1 Å². The normalized spacial score (nSPS) is 32.4. The van der Waals surface area contributed by atoms with Gasteiger partial charge in [0.1, 0.15) is 6.54 Å². The maximum Gasteiger partial charge on any atom is 0.408 e. The predicted molar refractivity (Wildman–Crippen MR) is 77.6 cm³/mol. The van der Waals surface area contributed by atoms with Crippen molar-refractivity contribution < 1.29 is 17.9 Å². The summed E-state index contributed by atoms with van der Waals surface area (Å²) in [5.41, 5.74) is 6.42. The summed E-state index contributed by atoms with van der Waals surface area (Å²) in [5.74, 6) is 0.496. The van der Waals surface area contributed by atoms with Crippen LogP contribution in [-0.2, 0) is 17.8 Å². The van der Waals surface area contributed by atoms with E-state index in [1.807, 2.05) is 0 Å². The van der Waals surface area contributed by atoms with Crippen molar-refractivity contribution in [2.24, 2.45) is 5.92 Å². The molecule has 3 heterocycles. The Kier molecular flexibility index (Phi) is 5.04. The van der Waals surface area contributed by atoms with Crippen LogP contribution in [0.1, 0.15) is 19.7 Å². The molecule has 11 heteroatoms. The molecular weight excluding hydrogens is 327 g/mol. The van der Waals surface area contributed by atoms with Crippen molar-refractivity contribution >= 4 is 0 Å². The second-order valence-corrected chi connectivity index (χ2v) is 6.42. The number of nitrogens with one attached hydrogen (secondary N) is 2. The molecule has 24 heavy (non-hydrogen) atoms. The van der Waals surface area contributed by atoms with Crippen LogP contribution in [0.2, 0.25) is 0 Å². The van der Waals surface area contributed by atoms with Crippen LogP contribution in [0.25, 0.3) is 0 Å². The summed E-state index contributed by atoms with van der Waals surface area (Å²) >= 11 is 0. The number of morpholine rings is 1. The van der Waals surface area contributed by atoms with Gasteiger partial charge in [-0.1, -0.05) is 0 Å². The maximum atomic E-state index is 12.6. The minimum absolute atomic E-state index is 0.0855. The fraction of sp³-hybridized carbons (Fsp3) is 0.923. The third kappa shape index (κ3) is 3.85. The lowest BCUT2D eigenvalue weighted by atomic mass is 9.87. The number of hydrogen-bond acceptors (Lipinski definition) is 7. The predicted octanol–water partition coefficient (Wildman–Crippen LogP) is -0.0628. The van der Waals surface area contributed by atoms with Crippen molar-refractivity contribution in [2.45, 2.75) is 51.2 Å². The molecule has 0 spiro atoms. The van der Waals surface area contributed by atoms with Crippen LogP contribution in [0.5, 0.6) is 0 Å². The average Bonchev–Trinajstić information content (AvgIpc) is 3.06. The van der Waals surface area contributed by atoms with Gasteiger partial charge in [0.25, 0.3) is 0 Å². The van der Waals surface area contributed by atoms with Crippen LogP contribution in [0, 0.1) is 5.92 Å². The van der Waals surface area contributed by atoms with E-state index in [1.54, 1.807) is 0 Å². The van der Waals surface area contributed by atoms with Crippen LogP contribution < -0.4 is 10.9 Å². The molecule has 2 saturated heterocycles. The highest BCUT2D eigenvalue weighted by molar-refractivity contribution is 4.97. The van der Waals surface area contributed by atoms with Gasteiger partial charge in [0.05, 0.1) is 19.8 Å². The second kappa shape index (κ2) is 6.90. The Bertz CT molecular complexity index is 542. The molecule has 3 unspecified atom stereocenters. The van der Waals surface area contributed by atoms with E-state index in [0.29, 0.717) is 19.8 Å². The van der Waals surface area contributed by atoms with Crippen LogP contribution >= 0.6 is 0 Å². The molecule has 1 aromatic heterocycles. The fourth-order valence-electron chi connectivity index (χ4n) is 3.57. The number of aromatic nitrogens is 4. The van der Waals surface area contributed by atoms with Gasteiger partial charge in [-0.3, -0.25) is 15.8 Å². The quantitative estimate of drug-likeness (QED) is 0.788. The third-order valence-corrected chi connectivity index (χ3v) is 4.70. The smallest absolute Gasteiger partial charge is 0.378 e. The minimum Gasteiger partial charge on any atom is -0.378 e. The van der Waals surface area contributed by atoms with Gasteiger partial charge < -0.3 is 4.74 Å². The largest absolute Gasteiger partial charge is 0.408 e. The number of rotatable bonds is 4. The van der Waals surface area contributed by atoms with Crippen LogP contribution in [-0.4, -0.2) is 69.2 Å². The summed E-state index contributed by atoms with van der Waals surface area (Å²) in [6.45, 7) is 5.00. The van der Waals surface area contributed by atoms with E-state index < -0.39 is 12.7 Å². The number of tetrazole rings is 1. The Morgan fingerprint density at radius 2 is 1.96 bits per heavy atom. The molecule has 0 aliphatic carbocycles. The van der Waals surface area contributed by atoms with Gasteiger partial charge >= 0.3 is 6.18 Å². The molecule has 0 radical (unpaired) electrons. The zero-order valence-electron chi connectivity index (χ0n) is 13.6. The highest BCUT2D eigenvalue weighted by Crippen LogP contribution is 2.26. The van der Waals surface area contributed by atoms with Crippen molar-refractivity contribution in [2.75, 3.05) is 19.8 Å². The van der Waals surface area contributed by atoms with E-state index in [0.717, 1.165) is 4.68 Å². The molecule has 2 aliphatic heterocycles. The van der Waals surface area contributed by atoms with Gasteiger partial charge in [-0.15, -0.1) is 5.10 Å². The molecule has 3 atom stereocenters. The van der Waals surface area contributed by atoms with Gasteiger partial charge in [0, 0.05) is 30.6 Å². The van der Waals surface area contributed by atoms with Gasteiger partial charge in [0.15, 0.2) is 5.82 Å². The summed E-state index contributed by atoms with van der Waals surface area (Å²) in [5, 5.41) is 10.7. The molecule has 136 valence electrons. The standard InChI is InChI=1S/C13H22F3N7O/c1-8-12(9(2)18-17-8)10-6-24-4-3-22(10)5-11-19-20-21-23(11)7-13(14,15)16/h8-10,12,17-18H,3-7H2,1-2H3. The topological polar surface area (TPSA) is 80.1 Å². The lowest BCUT2D eigenvalue weighted by molar-refractivity contribution is -0.143. The molecule has 1 aromatic rings. The SMILES string of the molecule is CC1NNC(C)C1C1COCCN1Cc1nnnn1CC(F)(F)F. The Morgan fingerprint density at radius 3 is 2.62 bits per heavy atom. The molecule has 0 amide bonds. The molecule has 0 saturated carbocycles. The first-order valence-corrected chi connectivity index (χ1v) is 8.00. The van der Waals surface area contributed by atoms with Crippen LogP contribution in [0.3, 0.4) is 0 Å². The molecule has 0 aromatic carbocycles. The number of nitrogens with zero attached hydrogens (tertiary/aromatic N) is 5. The van der Waals surface area contributed by atoms with Crippen molar-refractivity contribution in [3.05, 3.63) is 5.82 Å². The summed E-state index contributed by atoms with van der Waals surface area (Å²) in [4.78, 5) is 2.12. The maximum absolute atomic E-state index is 12.6. The average molecular weight is 349 g/mol. The van der Waals surface area contributed by atoms with Gasteiger partial charge in [0.2, 0.25) is 0 Å². The zero-order valence-corrected chi connectivity index (χ0v) is 13.6. The van der Waals surface area contributed by atoms with E-state index in [-0.39, 0.29) is 36.4 Å². The van der Waals surface area contributed by atoms with Crippen molar-refractivity contribution in [1.82, 2.24) is 36.0 Å². The van der Waals surface area contributed by atoms with Gasteiger partial charge in [-0.25, -0.2) is 4.68 Å². The highest BCUT2D eigenvalue weighted by atomic mass is 19.4. The number of hydrogen-bond donors (Lipinski definition) is 2. The molecular formula is C13H22F3N7O. The molecule has 0 bridgehead atoms. The van der Waals surface area contributed by atoms with Crippen molar-refractivity contribution in [3.8, 4) is 0 Å². The molecule has 2 N–H and O–H groups in total. The minimum atomic E-state index is -4.35. The first-order valence-electron chi connectivity index (χ1n) is 8.00. The van der Waals surface area contributed by atoms with E-state index in [1.165, 1.54) is 0 Å². The highest BCUT2D eigenvalue weighted by Gasteiger charge is 2.41. The molecule has 8 nitrogen and oxygen atoms in total. The summed E-state index contributed by atoms with van der Waals surface area (Å²) in [6.07, 6.45) is -4.35. The molecule has 2 fully saturated rings. The Hall–Kier alpha value is -1.30. The third-order valence-electron chi connectivity index (χ3n) is 4.70. The second-order valence-electron chi connectivity index (χ2n) is 6.42. The van der Waals surface area contributed by atoms with Crippen molar-refractivity contribution in [1.29, 1.82) is 0 Å². The fourth-order valence-corrected chi connectivity index (χ4v) is 3.57. The first-order chi connectivity index (χ1) is 11.3.